The Bertz CT molecular complexity index is 1460. The smallest absolute Gasteiger partial charge is 0.264 e. The van der Waals surface area contributed by atoms with Gasteiger partial charge in [0.25, 0.3) is 15.9 Å². The van der Waals surface area contributed by atoms with E-state index < -0.39 is 26.0 Å². The summed E-state index contributed by atoms with van der Waals surface area (Å²) in [5.41, 5.74) is 2.21. The summed E-state index contributed by atoms with van der Waals surface area (Å²) in [6, 6.07) is 19.1. The van der Waals surface area contributed by atoms with Gasteiger partial charge >= 0.3 is 0 Å². The number of nitrogens with zero attached hydrogens (tertiary/aromatic N) is 1. The predicted octanol–water partition coefficient (Wildman–Crippen LogP) is 3.13. The van der Waals surface area contributed by atoms with E-state index in [0.717, 1.165) is 18.4 Å². The van der Waals surface area contributed by atoms with Crippen LogP contribution in [0, 0.1) is 0 Å². The van der Waals surface area contributed by atoms with Gasteiger partial charge in [-0.3, -0.25) is 9.10 Å². The van der Waals surface area contributed by atoms with E-state index in [-0.39, 0.29) is 21.4 Å². The highest BCUT2D eigenvalue weighted by Crippen LogP contribution is 2.33. The predicted molar refractivity (Wildman–Crippen MR) is 129 cm³/mol. The molecule has 34 heavy (non-hydrogen) atoms. The van der Waals surface area contributed by atoms with E-state index in [9.17, 15) is 21.6 Å². The highest BCUT2D eigenvalue weighted by Gasteiger charge is 2.31. The van der Waals surface area contributed by atoms with E-state index in [1.807, 2.05) is 12.1 Å². The fourth-order valence-electron chi connectivity index (χ4n) is 3.89. The van der Waals surface area contributed by atoms with Gasteiger partial charge in [-0.15, -0.1) is 0 Å². The lowest BCUT2D eigenvalue weighted by Gasteiger charge is -2.20. The molecule has 1 heterocycles. The van der Waals surface area contributed by atoms with Gasteiger partial charge in [0.2, 0.25) is 10.0 Å². The summed E-state index contributed by atoms with van der Waals surface area (Å²) in [7, 11) is -7.41. The molecule has 8 nitrogen and oxygen atoms in total. The van der Waals surface area contributed by atoms with Crippen molar-refractivity contribution < 1.29 is 21.6 Å². The largest absolute Gasteiger partial charge is 0.322 e. The lowest BCUT2D eigenvalue weighted by molar-refractivity contribution is 0.102. The Morgan fingerprint density at radius 1 is 0.853 bits per heavy atom. The molecule has 3 aromatic carbocycles. The Morgan fingerprint density at radius 3 is 2.32 bits per heavy atom. The minimum Gasteiger partial charge on any atom is -0.322 e. The number of amides is 1. The van der Waals surface area contributed by atoms with Crippen molar-refractivity contribution in [1.29, 1.82) is 0 Å². The van der Waals surface area contributed by atoms with Gasteiger partial charge in [-0.1, -0.05) is 24.3 Å². The van der Waals surface area contributed by atoms with Crippen molar-refractivity contribution in [2.24, 2.45) is 0 Å². The summed E-state index contributed by atoms with van der Waals surface area (Å²) < 4.78 is 55.1. The molecule has 2 N–H and O–H groups in total. The molecular weight excluding hydrogens is 474 g/mol. The Hall–Kier alpha value is -3.21. The minimum atomic E-state index is -3.83. The summed E-state index contributed by atoms with van der Waals surface area (Å²) in [4.78, 5) is 13.0. The van der Waals surface area contributed by atoms with E-state index in [4.69, 9.17) is 0 Å². The van der Waals surface area contributed by atoms with E-state index in [0.29, 0.717) is 24.3 Å². The Labute approximate surface area is 198 Å². The number of para-hydroxylation sites is 1. The van der Waals surface area contributed by atoms with Crippen LogP contribution in [-0.2, 0) is 26.5 Å². The van der Waals surface area contributed by atoms with Crippen LogP contribution in [-0.4, -0.2) is 35.3 Å². The molecule has 1 saturated carbocycles. The van der Waals surface area contributed by atoms with Crippen molar-refractivity contribution >= 4 is 37.3 Å². The summed E-state index contributed by atoms with van der Waals surface area (Å²) >= 11 is 0. The number of sulfonamides is 2. The van der Waals surface area contributed by atoms with Crippen LogP contribution in [0.3, 0.4) is 0 Å². The Balaban J connectivity index is 1.33. The van der Waals surface area contributed by atoms with Crippen LogP contribution in [0.1, 0.15) is 28.8 Å². The van der Waals surface area contributed by atoms with Crippen molar-refractivity contribution in [3.63, 3.8) is 0 Å². The maximum Gasteiger partial charge on any atom is 0.264 e. The number of fused-ring (bicyclic) bond motifs is 1. The normalized spacial score (nSPS) is 15.7. The van der Waals surface area contributed by atoms with Gasteiger partial charge in [0, 0.05) is 23.8 Å². The maximum atomic E-state index is 13.3. The molecule has 0 spiro atoms. The topological polar surface area (TPSA) is 113 Å². The first-order valence-corrected chi connectivity index (χ1v) is 13.8. The van der Waals surface area contributed by atoms with Gasteiger partial charge in [0.1, 0.15) is 0 Å². The SMILES string of the molecule is O=C(Nc1ccc(S(=O)(=O)NC2CC2)cc1)c1cccc(S(=O)(=O)N2CCc3ccccc32)c1. The molecule has 0 saturated heterocycles. The number of carbonyl (C=O) groups is 1. The lowest BCUT2D eigenvalue weighted by Crippen LogP contribution is -2.29. The zero-order valence-electron chi connectivity index (χ0n) is 18.1. The van der Waals surface area contributed by atoms with Crippen LogP contribution < -0.4 is 14.3 Å². The number of nitrogens with one attached hydrogen (secondary N) is 2. The van der Waals surface area contributed by atoms with Crippen LogP contribution in [0.15, 0.2) is 82.6 Å². The highest BCUT2D eigenvalue weighted by molar-refractivity contribution is 7.92. The molecule has 2 aliphatic rings. The van der Waals surface area contributed by atoms with E-state index in [2.05, 4.69) is 10.0 Å². The standard InChI is InChI=1S/C24H23N3O5S2/c28-24(25-19-10-12-21(13-11-19)33(29,30)26-20-8-9-20)18-5-3-6-22(16-18)34(31,32)27-15-14-17-4-1-2-7-23(17)27/h1-7,10-13,16,20,26H,8-9,14-15H2,(H,25,28). The zero-order chi connectivity index (χ0) is 23.9. The summed E-state index contributed by atoms with van der Waals surface area (Å²) in [6.07, 6.45) is 2.32. The average molecular weight is 498 g/mol. The number of hydrogen-bond donors (Lipinski definition) is 2. The molecule has 1 fully saturated rings. The molecule has 1 aliphatic carbocycles. The van der Waals surface area contributed by atoms with Gasteiger partial charge in [-0.25, -0.2) is 21.6 Å². The molecule has 3 aromatic rings. The highest BCUT2D eigenvalue weighted by atomic mass is 32.2. The minimum absolute atomic E-state index is 0.00183. The van der Waals surface area contributed by atoms with E-state index in [1.54, 1.807) is 12.1 Å². The molecule has 10 heteroatoms. The first-order chi connectivity index (χ1) is 16.2. The second-order valence-electron chi connectivity index (χ2n) is 8.36. The summed E-state index contributed by atoms with van der Waals surface area (Å²) in [6.45, 7) is 0.350. The lowest BCUT2D eigenvalue weighted by atomic mass is 10.2. The van der Waals surface area contributed by atoms with Crippen molar-refractivity contribution in [1.82, 2.24) is 4.72 Å². The van der Waals surface area contributed by atoms with Gasteiger partial charge in [-0.05, 0) is 73.4 Å². The second kappa shape index (κ2) is 8.53. The molecule has 0 aromatic heterocycles. The van der Waals surface area contributed by atoms with Crippen LogP contribution in [0.25, 0.3) is 0 Å². The number of carbonyl (C=O) groups excluding carboxylic acids is 1. The molecule has 1 amide bonds. The van der Waals surface area contributed by atoms with Crippen molar-refractivity contribution in [3.8, 4) is 0 Å². The molecule has 0 bridgehead atoms. The monoisotopic (exact) mass is 497 g/mol. The van der Waals surface area contributed by atoms with Crippen LogP contribution in [0.5, 0.6) is 0 Å². The average Bonchev–Trinajstić information content (AvgIpc) is 3.52. The van der Waals surface area contributed by atoms with Gasteiger partial charge < -0.3 is 5.32 Å². The Kier molecular flexibility index (Phi) is 5.67. The summed E-state index contributed by atoms with van der Waals surface area (Å²) in [5, 5.41) is 2.69. The van der Waals surface area contributed by atoms with Gasteiger partial charge in [0.05, 0.1) is 15.5 Å². The number of anilines is 2. The summed E-state index contributed by atoms with van der Waals surface area (Å²) in [5.74, 6) is -0.495. The van der Waals surface area contributed by atoms with Crippen molar-refractivity contribution in [2.75, 3.05) is 16.2 Å². The maximum absolute atomic E-state index is 13.3. The van der Waals surface area contributed by atoms with E-state index in [1.165, 1.54) is 52.8 Å². The molecule has 176 valence electrons. The first-order valence-electron chi connectivity index (χ1n) is 10.9. The van der Waals surface area contributed by atoms with Gasteiger partial charge in [-0.2, -0.15) is 0 Å². The molecule has 0 unspecified atom stereocenters. The molecule has 1 aliphatic heterocycles. The van der Waals surface area contributed by atoms with E-state index >= 15 is 0 Å². The molecule has 0 radical (unpaired) electrons. The molecule has 5 rings (SSSR count). The fourth-order valence-corrected chi connectivity index (χ4v) is 6.75. The zero-order valence-corrected chi connectivity index (χ0v) is 19.8. The first kappa shape index (κ1) is 22.6. The quantitative estimate of drug-likeness (QED) is 0.521. The molecule has 0 atom stereocenters. The number of hydrogen-bond acceptors (Lipinski definition) is 5. The van der Waals surface area contributed by atoms with Crippen molar-refractivity contribution in [3.05, 3.63) is 83.9 Å². The third-order valence-corrected chi connectivity index (χ3v) is 9.20. The number of benzene rings is 3. The van der Waals surface area contributed by atoms with Gasteiger partial charge in [0.15, 0.2) is 0 Å². The second-order valence-corrected chi connectivity index (χ2v) is 11.9. The van der Waals surface area contributed by atoms with Crippen LogP contribution in [0.2, 0.25) is 0 Å². The van der Waals surface area contributed by atoms with Crippen LogP contribution >= 0.6 is 0 Å². The number of rotatable bonds is 7. The third-order valence-electron chi connectivity index (χ3n) is 5.85. The van der Waals surface area contributed by atoms with Crippen LogP contribution in [0.4, 0.5) is 11.4 Å². The fraction of sp³-hybridized carbons (Fsp3) is 0.208. The third kappa shape index (κ3) is 4.44. The Morgan fingerprint density at radius 2 is 1.59 bits per heavy atom. The van der Waals surface area contributed by atoms with Crippen molar-refractivity contribution in [2.45, 2.75) is 35.1 Å². The molecular formula is C24H23N3O5S2.